The van der Waals surface area contributed by atoms with Crippen LogP contribution < -0.4 is 10.1 Å². The molecule has 1 amide bonds. The lowest BCUT2D eigenvalue weighted by atomic mass is 9.90. The zero-order chi connectivity index (χ0) is 27.4. The van der Waals surface area contributed by atoms with Gasteiger partial charge in [-0.2, -0.15) is 0 Å². The number of carbonyl (C=O) groups excluding carboxylic acids is 1. The van der Waals surface area contributed by atoms with E-state index >= 15 is 0 Å². The van der Waals surface area contributed by atoms with Gasteiger partial charge in [-0.15, -0.1) is 0 Å². The molecular weight excluding hydrogens is 516 g/mol. The highest BCUT2D eigenvalue weighted by Crippen LogP contribution is 2.33. The first-order valence-corrected chi connectivity index (χ1v) is 13.3. The Bertz CT molecular complexity index is 1460. The van der Waals surface area contributed by atoms with Crippen molar-refractivity contribution in [2.75, 3.05) is 18.4 Å². The molecule has 0 bridgehead atoms. The highest BCUT2D eigenvalue weighted by Gasteiger charge is 2.28. The highest BCUT2D eigenvalue weighted by molar-refractivity contribution is 6.32. The molecule has 1 aliphatic heterocycles. The summed E-state index contributed by atoms with van der Waals surface area (Å²) in [6.45, 7) is 7.25. The van der Waals surface area contributed by atoms with E-state index in [4.69, 9.17) is 21.1 Å². The zero-order valence-electron chi connectivity index (χ0n) is 22.2. The van der Waals surface area contributed by atoms with E-state index in [2.05, 4.69) is 37.4 Å². The molecule has 0 saturated carbocycles. The molecule has 1 aliphatic rings. The van der Waals surface area contributed by atoms with E-state index in [1.54, 1.807) is 29.6 Å². The van der Waals surface area contributed by atoms with Gasteiger partial charge in [-0.3, -0.25) is 9.97 Å². The molecule has 9 nitrogen and oxygen atoms in total. The van der Waals surface area contributed by atoms with Crippen LogP contribution in [0.4, 0.5) is 16.3 Å². The van der Waals surface area contributed by atoms with Crippen molar-refractivity contribution >= 4 is 40.1 Å². The van der Waals surface area contributed by atoms with Gasteiger partial charge in [0.25, 0.3) is 0 Å². The maximum absolute atomic E-state index is 12.7. The minimum atomic E-state index is -0.519. The van der Waals surface area contributed by atoms with Crippen LogP contribution in [0.3, 0.4) is 0 Å². The third-order valence-corrected chi connectivity index (χ3v) is 6.69. The Balaban J connectivity index is 1.32. The average Bonchev–Trinajstić information content (AvgIpc) is 2.92. The number of aromatic nitrogens is 4. The minimum Gasteiger partial charge on any atom is -0.486 e. The molecule has 0 aliphatic carbocycles. The van der Waals surface area contributed by atoms with E-state index in [9.17, 15) is 4.79 Å². The van der Waals surface area contributed by atoms with Crippen molar-refractivity contribution in [2.24, 2.45) is 0 Å². The smallest absolute Gasteiger partial charge is 0.410 e. The Labute approximate surface area is 232 Å². The van der Waals surface area contributed by atoms with Crippen LogP contribution in [0.15, 0.2) is 61.3 Å². The van der Waals surface area contributed by atoms with Crippen molar-refractivity contribution in [3.05, 3.63) is 77.6 Å². The second-order valence-corrected chi connectivity index (χ2v) is 10.9. The van der Waals surface area contributed by atoms with Gasteiger partial charge in [-0.05, 0) is 69.5 Å². The number of halogens is 1. The predicted octanol–water partition coefficient (Wildman–Crippen LogP) is 6.51. The van der Waals surface area contributed by atoms with Gasteiger partial charge < -0.3 is 19.7 Å². The molecule has 2 aromatic carbocycles. The van der Waals surface area contributed by atoms with E-state index in [1.807, 2.05) is 39.0 Å². The summed E-state index contributed by atoms with van der Waals surface area (Å²) in [4.78, 5) is 31.7. The van der Waals surface area contributed by atoms with Crippen LogP contribution in [-0.4, -0.2) is 49.6 Å². The first kappa shape index (κ1) is 26.6. The van der Waals surface area contributed by atoms with Crippen molar-refractivity contribution < 1.29 is 14.3 Å². The van der Waals surface area contributed by atoms with Crippen molar-refractivity contribution in [3.8, 4) is 5.75 Å². The van der Waals surface area contributed by atoms with E-state index in [0.29, 0.717) is 35.4 Å². The normalized spacial score (nSPS) is 15.7. The van der Waals surface area contributed by atoms with Crippen LogP contribution in [0.5, 0.6) is 5.75 Å². The molecule has 0 radical (unpaired) electrons. The fourth-order valence-corrected chi connectivity index (χ4v) is 4.79. The number of benzene rings is 2. The van der Waals surface area contributed by atoms with Crippen molar-refractivity contribution in [1.29, 1.82) is 0 Å². The van der Waals surface area contributed by atoms with Gasteiger partial charge in [0.05, 0.1) is 22.4 Å². The van der Waals surface area contributed by atoms with Gasteiger partial charge >= 0.3 is 6.09 Å². The van der Waals surface area contributed by atoms with Crippen LogP contribution in [0.1, 0.15) is 50.8 Å². The molecule has 1 atom stereocenters. The number of likely N-dealkylation sites (tertiary alicyclic amines) is 1. The van der Waals surface area contributed by atoms with Gasteiger partial charge in [0, 0.05) is 42.5 Å². The fraction of sp³-hybridized carbons (Fsp3) is 0.345. The summed E-state index contributed by atoms with van der Waals surface area (Å²) in [5.74, 6) is 1.42. The number of carbonyl (C=O) groups is 1. The van der Waals surface area contributed by atoms with Crippen LogP contribution >= 0.6 is 11.6 Å². The largest absolute Gasteiger partial charge is 0.486 e. The van der Waals surface area contributed by atoms with E-state index < -0.39 is 5.60 Å². The number of ether oxygens (including phenoxy) is 2. The van der Waals surface area contributed by atoms with Crippen LogP contribution in [0.25, 0.3) is 10.9 Å². The zero-order valence-corrected chi connectivity index (χ0v) is 23.0. The molecule has 2 aromatic heterocycles. The van der Waals surface area contributed by atoms with Gasteiger partial charge in [-0.25, -0.2) is 14.8 Å². The number of anilines is 2. The Hall–Kier alpha value is -3.98. The van der Waals surface area contributed by atoms with Crippen molar-refractivity contribution in [3.63, 3.8) is 0 Å². The molecule has 10 heteroatoms. The summed E-state index contributed by atoms with van der Waals surface area (Å²) in [5.41, 5.74) is 2.93. The number of nitrogens with zero attached hydrogens (tertiary/aromatic N) is 5. The third-order valence-electron chi connectivity index (χ3n) is 6.39. The monoisotopic (exact) mass is 546 g/mol. The van der Waals surface area contributed by atoms with E-state index in [0.717, 1.165) is 35.0 Å². The summed E-state index contributed by atoms with van der Waals surface area (Å²) in [7, 11) is 0. The second kappa shape index (κ2) is 11.4. The Morgan fingerprint density at radius 1 is 1.13 bits per heavy atom. The van der Waals surface area contributed by atoms with Crippen LogP contribution in [0.2, 0.25) is 5.02 Å². The quantitative estimate of drug-likeness (QED) is 0.292. The average molecular weight is 547 g/mol. The molecule has 1 unspecified atom stereocenters. The van der Waals surface area contributed by atoms with Crippen LogP contribution in [0, 0.1) is 0 Å². The topological polar surface area (TPSA) is 102 Å². The molecule has 39 heavy (non-hydrogen) atoms. The lowest BCUT2D eigenvalue weighted by Gasteiger charge is -2.34. The van der Waals surface area contributed by atoms with E-state index in [-0.39, 0.29) is 18.6 Å². The number of piperidine rings is 1. The highest BCUT2D eigenvalue weighted by atomic mass is 35.5. The number of hydrogen-bond acceptors (Lipinski definition) is 8. The summed E-state index contributed by atoms with van der Waals surface area (Å²) in [6.07, 6.45) is 8.07. The molecule has 0 spiro atoms. The van der Waals surface area contributed by atoms with Gasteiger partial charge in [0.1, 0.15) is 30.1 Å². The summed E-state index contributed by atoms with van der Waals surface area (Å²) in [5, 5.41) is 4.73. The molecule has 1 fully saturated rings. The maximum atomic E-state index is 12.7. The number of hydrogen-bond donors (Lipinski definition) is 1. The fourth-order valence-electron chi connectivity index (χ4n) is 4.56. The van der Waals surface area contributed by atoms with Gasteiger partial charge in [0.2, 0.25) is 0 Å². The first-order chi connectivity index (χ1) is 18.7. The third kappa shape index (κ3) is 6.72. The second-order valence-electron chi connectivity index (χ2n) is 10.5. The van der Waals surface area contributed by atoms with E-state index in [1.165, 1.54) is 6.33 Å². The van der Waals surface area contributed by atoms with Crippen molar-refractivity contribution in [2.45, 2.75) is 51.7 Å². The SMILES string of the molecule is CC(C)(C)OC(=O)N1CCCC(c2ccc3ncnc(Nc4ccc(OCc5cnccn5)c(Cl)c4)c3c2)C1. The summed E-state index contributed by atoms with van der Waals surface area (Å²) in [6, 6.07) is 11.7. The number of nitrogens with one attached hydrogen (secondary N) is 1. The molecule has 202 valence electrons. The molecule has 3 heterocycles. The number of rotatable bonds is 6. The van der Waals surface area contributed by atoms with Gasteiger partial charge in [-0.1, -0.05) is 17.7 Å². The Morgan fingerprint density at radius 3 is 2.77 bits per heavy atom. The lowest BCUT2D eigenvalue weighted by molar-refractivity contribution is 0.0198. The summed E-state index contributed by atoms with van der Waals surface area (Å²) < 4.78 is 11.4. The minimum absolute atomic E-state index is 0.198. The van der Waals surface area contributed by atoms with Crippen molar-refractivity contribution in [1.82, 2.24) is 24.8 Å². The molecular formula is C29H31ClN6O3. The lowest BCUT2D eigenvalue weighted by Crippen LogP contribution is -2.42. The maximum Gasteiger partial charge on any atom is 0.410 e. The number of amides is 1. The number of fused-ring (bicyclic) bond motifs is 1. The Kier molecular flexibility index (Phi) is 7.79. The standard InChI is InChI=1S/C29H31ClN6O3/c1-29(2,3)39-28(37)36-12-4-5-20(16-36)19-6-8-25-23(13-19)27(34-18-33-25)35-21-7-9-26(24(30)14-21)38-17-22-15-31-10-11-32-22/h6-11,13-15,18,20H,4-5,12,16-17H2,1-3H3,(H,33,34,35). The predicted molar refractivity (Wildman–Crippen MR) is 150 cm³/mol. The molecule has 1 N–H and O–H groups in total. The molecule has 5 rings (SSSR count). The van der Waals surface area contributed by atoms with Crippen LogP contribution in [-0.2, 0) is 11.3 Å². The van der Waals surface area contributed by atoms with Gasteiger partial charge in [0.15, 0.2) is 0 Å². The Morgan fingerprint density at radius 2 is 2.00 bits per heavy atom. The summed E-state index contributed by atoms with van der Waals surface area (Å²) >= 11 is 6.51. The molecule has 4 aromatic rings. The first-order valence-electron chi connectivity index (χ1n) is 12.9. The molecule has 1 saturated heterocycles.